The lowest BCUT2D eigenvalue weighted by Crippen LogP contribution is -2.17. The number of H-pyrrole nitrogens is 1. The van der Waals surface area contributed by atoms with Gasteiger partial charge in [-0.1, -0.05) is 18.2 Å². The van der Waals surface area contributed by atoms with Crippen LogP contribution in [0.5, 0.6) is 0 Å². The second kappa shape index (κ2) is 3.63. The van der Waals surface area contributed by atoms with Gasteiger partial charge in [0.25, 0.3) is 0 Å². The fourth-order valence-electron chi connectivity index (χ4n) is 3.87. The molecular weight excluding hydrogens is 274 g/mol. The summed E-state index contributed by atoms with van der Waals surface area (Å²) in [5.74, 6) is 0. The molecule has 0 spiro atoms. The third-order valence-electron chi connectivity index (χ3n) is 4.69. The second-order valence-corrected chi connectivity index (χ2v) is 7.85. The molecule has 2 heterocycles. The first kappa shape index (κ1) is 11.7. The van der Waals surface area contributed by atoms with Gasteiger partial charge in [-0.15, -0.1) is 11.8 Å². The Morgan fingerprint density at radius 2 is 2.00 bits per heavy atom. The van der Waals surface area contributed by atoms with Crippen molar-refractivity contribution in [2.24, 2.45) is 0 Å². The summed E-state index contributed by atoms with van der Waals surface area (Å²) in [6, 6.07) is 11.2. The molecule has 2 aliphatic rings. The van der Waals surface area contributed by atoms with E-state index in [1.54, 1.807) is 0 Å². The number of hydrogen-bond donors (Lipinski definition) is 1. The topological polar surface area (TPSA) is 15.8 Å². The van der Waals surface area contributed by atoms with E-state index >= 15 is 0 Å². The zero-order valence-corrected chi connectivity index (χ0v) is 12.8. The summed E-state index contributed by atoms with van der Waals surface area (Å²) in [5.41, 5.74) is 6.96. The minimum Gasteiger partial charge on any atom is -0.361 e. The summed E-state index contributed by atoms with van der Waals surface area (Å²) in [7, 11) is 0. The van der Waals surface area contributed by atoms with Gasteiger partial charge in [0.15, 0.2) is 0 Å². The van der Waals surface area contributed by atoms with Crippen molar-refractivity contribution in [3.8, 4) is 0 Å². The predicted octanol–water partition coefficient (Wildman–Crippen LogP) is 5.58. The maximum atomic E-state index is 3.45. The lowest BCUT2D eigenvalue weighted by Gasteiger charge is -2.29. The molecule has 0 radical (unpaired) electrons. The van der Waals surface area contributed by atoms with Crippen LogP contribution in [0.3, 0.4) is 0 Å². The fraction of sp³-hybridized carbons (Fsp3) is 0.158. The molecule has 0 amide bonds. The third kappa shape index (κ3) is 1.34. The van der Waals surface area contributed by atoms with Gasteiger partial charge >= 0.3 is 0 Å². The summed E-state index contributed by atoms with van der Waals surface area (Å²) < 4.78 is 0.121. The smallest absolute Gasteiger partial charge is 0.0540 e. The first-order valence-electron chi connectivity index (χ1n) is 7.29. The number of thioether (sulfide) groups is 1. The summed E-state index contributed by atoms with van der Waals surface area (Å²) in [4.78, 5) is 3.45. The van der Waals surface area contributed by atoms with E-state index < -0.39 is 0 Å². The van der Waals surface area contributed by atoms with Crippen LogP contribution >= 0.6 is 11.8 Å². The SMILES string of the molecule is CC1(C)SC=CC2=C1c1cccc3cc4cc[nH]c4c2c13. The predicted molar refractivity (Wildman–Crippen MR) is 93.4 cm³/mol. The highest BCUT2D eigenvalue weighted by Crippen LogP contribution is 2.55. The zero-order chi connectivity index (χ0) is 14.2. The van der Waals surface area contributed by atoms with Crippen LogP contribution in [0, 0.1) is 0 Å². The van der Waals surface area contributed by atoms with E-state index in [1.807, 2.05) is 18.0 Å². The Hall–Kier alpha value is -1.93. The van der Waals surface area contributed by atoms with E-state index in [9.17, 15) is 0 Å². The van der Waals surface area contributed by atoms with E-state index in [0.717, 1.165) is 0 Å². The maximum Gasteiger partial charge on any atom is 0.0540 e. The molecule has 1 nitrogen and oxygen atoms in total. The molecule has 0 bridgehead atoms. The van der Waals surface area contributed by atoms with Crippen LogP contribution in [0.4, 0.5) is 0 Å². The Bertz CT molecular complexity index is 985. The maximum absolute atomic E-state index is 3.45. The van der Waals surface area contributed by atoms with Gasteiger partial charge in [0.1, 0.15) is 0 Å². The molecule has 5 rings (SSSR count). The average molecular weight is 289 g/mol. The molecule has 0 unspecified atom stereocenters. The van der Waals surface area contributed by atoms with Crippen LogP contribution in [0.15, 0.2) is 48.0 Å². The number of aromatic amines is 1. The lowest BCUT2D eigenvalue weighted by molar-refractivity contribution is 0.929. The van der Waals surface area contributed by atoms with E-state index in [4.69, 9.17) is 0 Å². The average Bonchev–Trinajstić information content (AvgIpc) is 3.03. The van der Waals surface area contributed by atoms with Gasteiger partial charge < -0.3 is 4.98 Å². The zero-order valence-electron chi connectivity index (χ0n) is 12.0. The number of aromatic nitrogens is 1. The van der Waals surface area contributed by atoms with Crippen molar-refractivity contribution in [3.05, 3.63) is 59.1 Å². The van der Waals surface area contributed by atoms with E-state index in [-0.39, 0.29) is 4.75 Å². The van der Waals surface area contributed by atoms with Crippen LogP contribution in [0.25, 0.3) is 32.8 Å². The first-order valence-corrected chi connectivity index (χ1v) is 8.17. The van der Waals surface area contributed by atoms with Crippen molar-refractivity contribution in [1.82, 2.24) is 4.98 Å². The summed E-state index contributed by atoms with van der Waals surface area (Å²) in [6.07, 6.45) is 4.34. The Kier molecular flexibility index (Phi) is 2.02. The normalized spacial score (nSPS) is 18.8. The molecule has 0 saturated heterocycles. The van der Waals surface area contributed by atoms with Crippen molar-refractivity contribution >= 4 is 44.6 Å². The molecule has 0 fully saturated rings. The van der Waals surface area contributed by atoms with E-state index in [1.165, 1.54) is 43.9 Å². The van der Waals surface area contributed by atoms with Gasteiger partial charge in [0.05, 0.1) is 5.52 Å². The molecule has 2 aromatic carbocycles. The highest BCUT2D eigenvalue weighted by molar-refractivity contribution is 8.04. The molecule has 1 aliphatic carbocycles. The molecule has 2 heteroatoms. The number of allylic oxidation sites excluding steroid dienone is 2. The standard InChI is InChI=1S/C19H15NS/c1-19(2)17-13-5-3-4-11-10-12-6-8-20-18(12)16(15(11)13)14(17)7-9-21-19/h3-10,20H,1-2H3. The Labute approximate surface area is 127 Å². The molecule has 3 aromatic rings. The minimum atomic E-state index is 0.121. The van der Waals surface area contributed by atoms with Gasteiger partial charge in [-0.25, -0.2) is 0 Å². The molecule has 1 aromatic heterocycles. The highest BCUT2D eigenvalue weighted by Gasteiger charge is 2.36. The minimum absolute atomic E-state index is 0.121. The monoisotopic (exact) mass is 289 g/mol. The largest absolute Gasteiger partial charge is 0.361 e. The molecule has 102 valence electrons. The molecule has 0 atom stereocenters. The highest BCUT2D eigenvalue weighted by atomic mass is 32.2. The Morgan fingerprint density at radius 1 is 1.10 bits per heavy atom. The molecule has 1 N–H and O–H groups in total. The van der Waals surface area contributed by atoms with Gasteiger partial charge in [0, 0.05) is 21.9 Å². The second-order valence-electron chi connectivity index (χ2n) is 6.32. The van der Waals surface area contributed by atoms with Crippen molar-refractivity contribution < 1.29 is 0 Å². The molecule has 1 aliphatic heterocycles. The fourth-order valence-corrected chi connectivity index (χ4v) is 4.76. The molecule has 0 saturated carbocycles. The van der Waals surface area contributed by atoms with Gasteiger partial charge in [-0.2, -0.15) is 0 Å². The summed E-state index contributed by atoms with van der Waals surface area (Å²) in [6.45, 7) is 4.65. The van der Waals surface area contributed by atoms with Gasteiger partial charge in [0.2, 0.25) is 0 Å². The number of nitrogens with one attached hydrogen (secondary N) is 1. The van der Waals surface area contributed by atoms with Crippen LogP contribution in [0.2, 0.25) is 0 Å². The Balaban J connectivity index is 2.06. The number of hydrogen-bond acceptors (Lipinski definition) is 1. The molecule has 21 heavy (non-hydrogen) atoms. The van der Waals surface area contributed by atoms with Crippen molar-refractivity contribution in [2.75, 3.05) is 0 Å². The number of fused-ring (bicyclic) bond motifs is 4. The first-order chi connectivity index (χ1) is 10.2. The van der Waals surface area contributed by atoms with Crippen molar-refractivity contribution in [3.63, 3.8) is 0 Å². The van der Waals surface area contributed by atoms with Crippen LogP contribution in [0.1, 0.15) is 25.0 Å². The number of benzene rings is 2. The summed E-state index contributed by atoms with van der Waals surface area (Å²) in [5, 5.41) is 6.31. The quantitative estimate of drug-likeness (QED) is 0.571. The van der Waals surface area contributed by atoms with Crippen LogP contribution < -0.4 is 0 Å². The van der Waals surface area contributed by atoms with Crippen LogP contribution in [-0.4, -0.2) is 9.73 Å². The van der Waals surface area contributed by atoms with Crippen molar-refractivity contribution in [1.29, 1.82) is 0 Å². The van der Waals surface area contributed by atoms with Crippen molar-refractivity contribution in [2.45, 2.75) is 18.6 Å². The third-order valence-corrected chi connectivity index (χ3v) is 5.76. The van der Waals surface area contributed by atoms with E-state index in [2.05, 4.69) is 60.6 Å². The molecular formula is C19H15NS. The van der Waals surface area contributed by atoms with Crippen LogP contribution in [-0.2, 0) is 0 Å². The van der Waals surface area contributed by atoms with Gasteiger partial charge in [-0.3, -0.25) is 0 Å². The number of rotatable bonds is 0. The lowest BCUT2D eigenvalue weighted by atomic mass is 9.93. The summed E-state index contributed by atoms with van der Waals surface area (Å²) >= 11 is 1.91. The Morgan fingerprint density at radius 3 is 2.90 bits per heavy atom. The van der Waals surface area contributed by atoms with E-state index in [0.29, 0.717) is 0 Å². The van der Waals surface area contributed by atoms with Gasteiger partial charge in [-0.05, 0) is 64.9 Å².